The third-order valence-electron chi connectivity index (χ3n) is 2.84. The van der Waals surface area contributed by atoms with E-state index in [0.717, 1.165) is 19.3 Å². The Balaban J connectivity index is 4.11. The molecule has 7 heteroatoms. The van der Waals surface area contributed by atoms with Crippen LogP contribution in [0.2, 0.25) is 0 Å². The first-order valence-electron chi connectivity index (χ1n) is 6.78. The van der Waals surface area contributed by atoms with Crippen LogP contribution in [0.5, 0.6) is 0 Å². The van der Waals surface area contributed by atoms with Gasteiger partial charge in [-0.05, 0) is 12.8 Å². The summed E-state index contributed by atoms with van der Waals surface area (Å²) in [6.45, 7) is 2.03. The quantitative estimate of drug-likeness (QED) is 0.416. The standard InChI is InChI=1S/C13H23NO6/c1-2-3-4-5-9(15)8-11(16)14-10(13(19)20)6-7-12(17)18/h9-10,15H,2-8H2,1H3,(H,14,16)(H,17,18)(H,19,20)/t9?,10-/m0/s1. The monoisotopic (exact) mass is 289 g/mol. The molecule has 116 valence electrons. The van der Waals surface area contributed by atoms with E-state index in [0.29, 0.717) is 6.42 Å². The van der Waals surface area contributed by atoms with Gasteiger partial charge in [-0.25, -0.2) is 4.79 Å². The molecule has 0 bridgehead atoms. The van der Waals surface area contributed by atoms with Gasteiger partial charge in [0.25, 0.3) is 0 Å². The first kappa shape index (κ1) is 18.4. The lowest BCUT2D eigenvalue weighted by molar-refractivity contribution is -0.143. The van der Waals surface area contributed by atoms with Gasteiger partial charge in [0.2, 0.25) is 5.91 Å². The molecule has 7 nitrogen and oxygen atoms in total. The predicted octanol–water partition coefficient (Wildman–Crippen LogP) is 0.752. The fourth-order valence-corrected chi connectivity index (χ4v) is 1.72. The molecule has 0 rings (SSSR count). The van der Waals surface area contributed by atoms with Crippen LogP contribution in [0, 0.1) is 0 Å². The van der Waals surface area contributed by atoms with E-state index in [4.69, 9.17) is 10.2 Å². The van der Waals surface area contributed by atoms with Gasteiger partial charge in [-0.3, -0.25) is 9.59 Å². The van der Waals surface area contributed by atoms with E-state index in [1.807, 2.05) is 6.92 Å². The predicted molar refractivity (Wildman–Crippen MR) is 71.2 cm³/mol. The van der Waals surface area contributed by atoms with E-state index < -0.39 is 30.0 Å². The van der Waals surface area contributed by atoms with Gasteiger partial charge in [-0.1, -0.05) is 26.2 Å². The summed E-state index contributed by atoms with van der Waals surface area (Å²) < 4.78 is 0. The number of nitrogens with one attached hydrogen (secondary N) is 1. The lowest BCUT2D eigenvalue weighted by atomic mass is 10.1. The lowest BCUT2D eigenvalue weighted by Gasteiger charge is -2.15. The number of carboxylic acids is 2. The van der Waals surface area contributed by atoms with Gasteiger partial charge in [0, 0.05) is 6.42 Å². The molecule has 20 heavy (non-hydrogen) atoms. The van der Waals surface area contributed by atoms with Gasteiger partial charge >= 0.3 is 11.9 Å². The number of carbonyl (C=O) groups excluding carboxylic acids is 1. The van der Waals surface area contributed by atoms with Gasteiger partial charge in [-0.15, -0.1) is 0 Å². The average Bonchev–Trinajstić information content (AvgIpc) is 2.34. The van der Waals surface area contributed by atoms with Crippen LogP contribution < -0.4 is 5.32 Å². The molecule has 4 N–H and O–H groups in total. The molecule has 0 radical (unpaired) electrons. The molecule has 0 spiro atoms. The van der Waals surface area contributed by atoms with E-state index >= 15 is 0 Å². The van der Waals surface area contributed by atoms with Crippen LogP contribution in [0.3, 0.4) is 0 Å². The number of hydrogen-bond acceptors (Lipinski definition) is 4. The summed E-state index contributed by atoms with van der Waals surface area (Å²) >= 11 is 0. The Morgan fingerprint density at radius 3 is 2.25 bits per heavy atom. The maximum absolute atomic E-state index is 11.6. The summed E-state index contributed by atoms with van der Waals surface area (Å²) in [6, 6.07) is -1.23. The van der Waals surface area contributed by atoms with E-state index in [2.05, 4.69) is 5.32 Å². The van der Waals surface area contributed by atoms with E-state index in [1.54, 1.807) is 0 Å². The molecular weight excluding hydrogens is 266 g/mol. The van der Waals surface area contributed by atoms with Crippen molar-refractivity contribution in [1.82, 2.24) is 5.32 Å². The first-order valence-corrected chi connectivity index (χ1v) is 6.78. The maximum atomic E-state index is 11.6. The molecule has 0 aromatic heterocycles. The van der Waals surface area contributed by atoms with Crippen LogP contribution in [0.15, 0.2) is 0 Å². The van der Waals surface area contributed by atoms with Crippen molar-refractivity contribution >= 4 is 17.8 Å². The molecule has 2 atom stereocenters. The summed E-state index contributed by atoms with van der Waals surface area (Å²) in [5, 5.41) is 29.2. The number of carbonyl (C=O) groups is 3. The van der Waals surface area contributed by atoms with Crippen LogP contribution >= 0.6 is 0 Å². The number of aliphatic hydroxyl groups excluding tert-OH is 1. The highest BCUT2D eigenvalue weighted by Crippen LogP contribution is 2.07. The Labute approximate surface area is 118 Å². The lowest BCUT2D eigenvalue weighted by Crippen LogP contribution is -2.42. The number of aliphatic hydroxyl groups is 1. The van der Waals surface area contributed by atoms with E-state index in [-0.39, 0.29) is 19.3 Å². The Morgan fingerprint density at radius 1 is 1.10 bits per heavy atom. The average molecular weight is 289 g/mol. The minimum absolute atomic E-state index is 0.166. The van der Waals surface area contributed by atoms with Crippen molar-refractivity contribution in [2.24, 2.45) is 0 Å². The van der Waals surface area contributed by atoms with Crippen molar-refractivity contribution in [2.75, 3.05) is 0 Å². The van der Waals surface area contributed by atoms with Gasteiger partial charge in [0.15, 0.2) is 0 Å². The minimum atomic E-state index is -1.28. The number of rotatable bonds is 11. The third-order valence-corrected chi connectivity index (χ3v) is 2.84. The highest BCUT2D eigenvalue weighted by molar-refractivity contribution is 5.84. The fraction of sp³-hybridized carbons (Fsp3) is 0.769. The summed E-state index contributed by atoms with van der Waals surface area (Å²) in [4.78, 5) is 32.8. The van der Waals surface area contributed by atoms with Crippen LogP contribution in [-0.4, -0.2) is 45.3 Å². The molecule has 0 saturated carbocycles. The van der Waals surface area contributed by atoms with Crippen LogP contribution in [0.4, 0.5) is 0 Å². The highest BCUT2D eigenvalue weighted by Gasteiger charge is 2.22. The van der Waals surface area contributed by atoms with Crippen molar-refractivity contribution in [2.45, 2.75) is 64.0 Å². The maximum Gasteiger partial charge on any atom is 0.326 e. The first-order chi connectivity index (χ1) is 9.36. The van der Waals surface area contributed by atoms with Gasteiger partial charge in [0.1, 0.15) is 6.04 Å². The molecule has 0 aromatic carbocycles. The molecule has 0 saturated heterocycles. The number of hydrogen-bond donors (Lipinski definition) is 4. The Morgan fingerprint density at radius 2 is 1.75 bits per heavy atom. The zero-order valence-electron chi connectivity index (χ0n) is 11.7. The molecule has 0 aliphatic heterocycles. The van der Waals surface area contributed by atoms with Gasteiger partial charge in [0.05, 0.1) is 12.5 Å². The molecular formula is C13H23NO6. The van der Waals surface area contributed by atoms with Crippen molar-refractivity contribution in [3.05, 3.63) is 0 Å². The number of amides is 1. The molecule has 0 aromatic rings. The SMILES string of the molecule is CCCCCC(O)CC(=O)N[C@@H](CCC(=O)O)C(=O)O. The Bertz CT molecular complexity index is 331. The normalized spacial score (nSPS) is 13.5. The number of unbranched alkanes of at least 4 members (excludes halogenated alkanes) is 2. The summed E-state index contributed by atoms with van der Waals surface area (Å²) in [5.74, 6) is -2.98. The van der Waals surface area contributed by atoms with Crippen molar-refractivity contribution in [1.29, 1.82) is 0 Å². The second kappa shape index (κ2) is 10.2. The molecule has 0 aliphatic rings. The van der Waals surface area contributed by atoms with Crippen LogP contribution in [0.1, 0.15) is 51.9 Å². The van der Waals surface area contributed by atoms with E-state index in [9.17, 15) is 19.5 Å². The number of aliphatic carboxylic acids is 2. The van der Waals surface area contributed by atoms with Crippen molar-refractivity contribution < 1.29 is 29.7 Å². The summed E-state index contributed by atoms with van der Waals surface area (Å²) in [6.07, 6.45) is 1.81. The largest absolute Gasteiger partial charge is 0.481 e. The smallest absolute Gasteiger partial charge is 0.326 e. The molecule has 1 amide bonds. The van der Waals surface area contributed by atoms with Gasteiger partial charge < -0.3 is 20.6 Å². The molecule has 1 unspecified atom stereocenters. The van der Waals surface area contributed by atoms with Crippen LogP contribution in [-0.2, 0) is 14.4 Å². The second-order valence-corrected chi connectivity index (χ2v) is 4.74. The molecule has 0 aliphatic carbocycles. The zero-order valence-corrected chi connectivity index (χ0v) is 11.7. The van der Waals surface area contributed by atoms with Gasteiger partial charge in [-0.2, -0.15) is 0 Å². The second-order valence-electron chi connectivity index (χ2n) is 4.74. The van der Waals surface area contributed by atoms with Crippen molar-refractivity contribution in [3.63, 3.8) is 0 Å². The highest BCUT2D eigenvalue weighted by atomic mass is 16.4. The molecule has 0 heterocycles. The minimum Gasteiger partial charge on any atom is -0.481 e. The Hall–Kier alpha value is -1.63. The topological polar surface area (TPSA) is 124 Å². The third kappa shape index (κ3) is 9.32. The summed E-state index contributed by atoms with van der Waals surface area (Å²) in [5.41, 5.74) is 0. The van der Waals surface area contributed by atoms with Crippen molar-refractivity contribution in [3.8, 4) is 0 Å². The van der Waals surface area contributed by atoms with E-state index in [1.165, 1.54) is 0 Å². The Kier molecular flexibility index (Phi) is 9.36. The molecule has 0 fully saturated rings. The van der Waals surface area contributed by atoms with Crippen LogP contribution in [0.25, 0.3) is 0 Å². The zero-order chi connectivity index (χ0) is 15.5. The fourth-order valence-electron chi connectivity index (χ4n) is 1.72. The summed E-state index contributed by atoms with van der Waals surface area (Å²) in [7, 11) is 0. The number of carboxylic acid groups (broad SMARTS) is 2.